The van der Waals surface area contributed by atoms with E-state index in [1.165, 1.54) is 11.8 Å². The van der Waals surface area contributed by atoms with Gasteiger partial charge in [-0.25, -0.2) is 9.97 Å². The van der Waals surface area contributed by atoms with Gasteiger partial charge in [-0.15, -0.1) is 13.2 Å². The summed E-state index contributed by atoms with van der Waals surface area (Å²) in [4.78, 5) is 27.3. The maximum absolute atomic E-state index is 12.4. The lowest BCUT2D eigenvalue weighted by Crippen LogP contribution is -2.24. The lowest BCUT2D eigenvalue weighted by Gasteiger charge is -2.20. The highest BCUT2D eigenvalue weighted by atomic mass is 35.5. The van der Waals surface area contributed by atoms with E-state index in [1.54, 1.807) is 30.6 Å². The van der Waals surface area contributed by atoms with Gasteiger partial charge in [-0.1, -0.05) is 47.6 Å². The lowest BCUT2D eigenvalue weighted by molar-refractivity contribution is 0.0951. The van der Waals surface area contributed by atoms with Crippen LogP contribution in [0, 0.1) is 0 Å². The van der Waals surface area contributed by atoms with Gasteiger partial charge >= 0.3 is 0 Å². The van der Waals surface area contributed by atoms with E-state index >= 15 is 0 Å². The largest absolute Gasteiger partial charge is 0.349 e. The normalized spacial score (nSPS) is 10.4. The molecule has 164 valence electrons. The van der Waals surface area contributed by atoms with E-state index in [9.17, 15) is 4.79 Å². The number of hydrogen-bond donors (Lipinski definition) is 1. The quantitative estimate of drug-likeness (QED) is 0.187. The van der Waals surface area contributed by atoms with Gasteiger partial charge in [0.1, 0.15) is 11.0 Å². The molecule has 0 aliphatic carbocycles. The van der Waals surface area contributed by atoms with E-state index < -0.39 is 0 Å². The third kappa shape index (κ3) is 6.93. The van der Waals surface area contributed by atoms with Crippen LogP contribution in [0.3, 0.4) is 0 Å². The van der Waals surface area contributed by atoms with Gasteiger partial charge < -0.3 is 10.2 Å². The van der Waals surface area contributed by atoms with Gasteiger partial charge in [0.15, 0.2) is 5.16 Å². The van der Waals surface area contributed by atoms with Gasteiger partial charge in [0.05, 0.1) is 0 Å². The molecular formula is C24H24ClN5OS. The Morgan fingerprint density at radius 2 is 1.72 bits per heavy atom. The first kappa shape index (κ1) is 23.5. The SMILES string of the molecule is C=CCN(CC=C)c1cc(Cl)nc(SCc2ccc(C(=O)NCc3ccncc3)cc2)n1. The van der Waals surface area contributed by atoms with Crippen LogP contribution in [0.1, 0.15) is 21.5 Å². The maximum atomic E-state index is 12.4. The molecule has 0 bridgehead atoms. The third-order valence-corrected chi connectivity index (χ3v) is 5.58. The summed E-state index contributed by atoms with van der Waals surface area (Å²) in [5.41, 5.74) is 2.67. The first-order chi connectivity index (χ1) is 15.6. The maximum Gasteiger partial charge on any atom is 0.251 e. The van der Waals surface area contributed by atoms with E-state index in [1.807, 2.05) is 41.3 Å². The summed E-state index contributed by atoms with van der Waals surface area (Å²) < 4.78 is 0. The minimum atomic E-state index is -0.117. The van der Waals surface area contributed by atoms with Crippen LogP contribution in [-0.4, -0.2) is 33.9 Å². The number of rotatable bonds is 11. The Hall–Kier alpha value is -3.16. The topological polar surface area (TPSA) is 71.0 Å². The van der Waals surface area contributed by atoms with E-state index in [4.69, 9.17) is 11.6 Å². The number of benzene rings is 1. The monoisotopic (exact) mass is 465 g/mol. The standard InChI is InChI=1S/C24H24ClN5OS/c1-3-13-30(14-4-2)22-15-21(25)28-24(29-22)32-17-19-5-7-20(8-6-19)23(31)27-16-18-9-11-26-12-10-18/h3-12,15H,1-2,13-14,16-17H2,(H,27,31). The second-order valence-electron chi connectivity index (χ2n) is 6.84. The van der Waals surface area contributed by atoms with Crippen molar-refractivity contribution in [3.63, 3.8) is 0 Å². The molecule has 0 radical (unpaired) electrons. The zero-order valence-electron chi connectivity index (χ0n) is 17.6. The molecule has 3 rings (SSSR count). The van der Waals surface area contributed by atoms with Crippen molar-refractivity contribution in [2.45, 2.75) is 17.5 Å². The van der Waals surface area contributed by atoms with Crippen molar-refractivity contribution in [3.05, 3.63) is 102 Å². The number of thioether (sulfide) groups is 1. The molecule has 6 nitrogen and oxygen atoms in total. The Morgan fingerprint density at radius 3 is 2.38 bits per heavy atom. The first-order valence-corrected chi connectivity index (χ1v) is 11.4. The first-order valence-electron chi connectivity index (χ1n) is 9.99. The summed E-state index contributed by atoms with van der Waals surface area (Å²) in [5.74, 6) is 1.27. The molecule has 0 aliphatic rings. The van der Waals surface area contributed by atoms with Gasteiger partial charge in [-0.05, 0) is 35.4 Å². The number of hydrogen-bond acceptors (Lipinski definition) is 6. The van der Waals surface area contributed by atoms with Crippen molar-refractivity contribution in [1.29, 1.82) is 0 Å². The number of amides is 1. The highest BCUT2D eigenvalue weighted by Gasteiger charge is 2.11. The minimum absolute atomic E-state index is 0.117. The molecule has 8 heteroatoms. The fourth-order valence-electron chi connectivity index (χ4n) is 2.87. The second kappa shape index (κ2) is 12.0. The fraction of sp³-hybridized carbons (Fsp3) is 0.167. The average Bonchev–Trinajstić information content (AvgIpc) is 2.82. The Balaban J connectivity index is 1.59. The van der Waals surface area contributed by atoms with Crippen LogP contribution in [0.4, 0.5) is 5.82 Å². The third-order valence-electron chi connectivity index (χ3n) is 4.47. The van der Waals surface area contributed by atoms with Crippen molar-refractivity contribution >= 4 is 35.1 Å². The fourth-order valence-corrected chi connectivity index (χ4v) is 3.91. The minimum Gasteiger partial charge on any atom is -0.349 e. The molecule has 1 aromatic carbocycles. The van der Waals surface area contributed by atoms with Gasteiger partial charge in [0.25, 0.3) is 5.91 Å². The summed E-state index contributed by atoms with van der Waals surface area (Å²) in [7, 11) is 0. The molecule has 0 saturated heterocycles. The van der Waals surface area contributed by atoms with Crippen molar-refractivity contribution < 1.29 is 4.79 Å². The van der Waals surface area contributed by atoms with Crippen molar-refractivity contribution in [2.24, 2.45) is 0 Å². The Kier molecular flexibility index (Phi) is 8.83. The number of aromatic nitrogens is 3. The molecule has 0 saturated carbocycles. The molecule has 1 N–H and O–H groups in total. The van der Waals surface area contributed by atoms with Crippen molar-refractivity contribution in [1.82, 2.24) is 20.3 Å². The average molecular weight is 466 g/mol. The highest BCUT2D eigenvalue weighted by Crippen LogP contribution is 2.25. The van der Waals surface area contributed by atoms with Crippen LogP contribution in [0.2, 0.25) is 5.15 Å². The molecule has 0 unspecified atom stereocenters. The number of carbonyl (C=O) groups excluding carboxylic acids is 1. The number of pyridine rings is 1. The molecular weight excluding hydrogens is 442 g/mol. The summed E-state index contributed by atoms with van der Waals surface area (Å²) >= 11 is 7.70. The summed E-state index contributed by atoms with van der Waals surface area (Å²) in [6.07, 6.45) is 7.02. The molecule has 2 heterocycles. The second-order valence-corrected chi connectivity index (χ2v) is 8.17. The van der Waals surface area contributed by atoms with Crippen LogP contribution in [0.15, 0.2) is 85.3 Å². The van der Waals surface area contributed by atoms with Crippen LogP contribution in [-0.2, 0) is 12.3 Å². The lowest BCUT2D eigenvalue weighted by atomic mass is 10.1. The molecule has 3 aromatic rings. The van der Waals surface area contributed by atoms with Crippen molar-refractivity contribution in [2.75, 3.05) is 18.0 Å². The number of nitrogens with one attached hydrogen (secondary N) is 1. The Labute approximate surface area is 197 Å². The van der Waals surface area contributed by atoms with E-state index in [0.717, 1.165) is 16.9 Å². The summed E-state index contributed by atoms with van der Waals surface area (Å²) in [6.45, 7) is 9.30. The van der Waals surface area contributed by atoms with Gasteiger partial charge in [0, 0.05) is 49.4 Å². The predicted octanol–water partition coefficient (Wildman–Crippen LogP) is 4.93. The van der Waals surface area contributed by atoms with Crippen LogP contribution < -0.4 is 10.2 Å². The number of halogens is 1. The zero-order valence-corrected chi connectivity index (χ0v) is 19.1. The van der Waals surface area contributed by atoms with Crippen molar-refractivity contribution in [3.8, 4) is 0 Å². The zero-order chi connectivity index (χ0) is 22.8. The summed E-state index contributed by atoms with van der Waals surface area (Å²) in [5, 5.41) is 3.88. The molecule has 0 atom stereocenters. The van der Waals surface area contributed by atoms with E-state index in [2.05, 4.69) is 33.4 Å². The molecule has 0 fully saturated rings. The molecule has 0 aliphatic heterocycles. The van der Waals surface area contributed by atoms with Gasteiger partial charge in [-0.2, -0.15) is 0 Å². The van der Waals surface area contributed by atoms with Gasteiger partial charge in [-0.3, -0.25) is 9.78 Å². The molecule has 2 aromatic heterocycles. The van der Waals surface area contributed by atoms with Crippen LogP contribution in [0.25, 0.3) is 0 Å². The van der Waals surface area contributed by atoms with E-state index in [-0.39, 0.29) is 5.91 Å². The number of carbonyl (C=O) groups is 1. The molecule has 1 amide bonds. The smallest absolute Gasteiger partial charge is 0.251 e. The number of anilines is 1. The highest BCUT2D eigenvalue weighted by molar-refractivity contribution is 7.98. The molecule has 0 spiro atoms. The Morgan fingerprint density at radius 1 is 1.03 bits per heavy atom. The Bertz CT molecular complexity index is 1050. The van der Waals surface area contributed by atoms with Crippen LogP contribution >= 0.6 is 23.4 Å². The summed E-state index contributed by atoms with van der Waals surface area (Å²) in [6, 6.07) is 13.0. The van der Waals surface area contributed by atoms with Gasteiger partial charge in [0.2, 0.25) is 0 Å². The van der Waals surface area contributed by atoms with E-state index in [0.29, 0.717) is 41.3 Å². The predicted molar refractivity (Wildman–Crippen MR) is 131 cm³/mol. The number of nitrogens with zero attached hydrogens (tertiary/aromatic N) is 4. The molecule has 32 heavy (non-hydrogen) atoms. The van der Waals surface area contributed by atoms with Crippen LogP contribution in [0.5, 0.6) is 0 Å².